The number of carbonyl (C=O) groups excluding carboxylic acids is 2. The second-order valence-corrected chi connectivity index (χ2v) is 5.71. The van der Waals surface area contributed by atoms with Crippen molar-refractivity contribution in [2.75, 3.05) is 13.1 Å². The minimum Gasteiger partial charge on any atom is -0.369 e. The number of hydrogen-bond acceptors (Lipinski definition) is 2. The summed E-state index contributed by atoms with van der Waals surface area (Å²) in [5, 5.41) is 0. The van der Waals surface area contributed by atoms with E-state index in [-0.39, 0.29) is 17.7 Å². The van der Waals surface area contributed by atoms with E-state index in [2.05, 4.69) is 15.9 Å². The van der Waals surface area contributed by atoms with E-state index in [4.69, 9.17) is 5.73 Å². The van der Waals surface area contributed by atoms with Crippen molar-refractivity contribution in [3.8, 4) is 0 Å². The molecule has 5 heteroatoms. The predicted octanol–water partition coefficient (Wildman–Crippen LogP) is 2.19. The van der Waals surface area contributed by atoms with Crippen LogP contribution in [0.15, 0.2) is 34.8 Å². The molecule has 1 aliphatic rings. The van der Waals surface area contributed by atoms with Crippen LogP contribution in [0, 0.1) is 5.92 Å². The van der Waals surface area contributed by atoms with Crippen LogP contribution >= 0.6 is 15.9 Å². The van der Waals surface area contributed by atoms with Crippen LogP contribution < -0.4 is 5.73 Å². The van der Waals surface area contributed by atoms with Gasteiger partial charge in [-0.05, 0) is 30.5 Å². The second kappa shape index (κ2) is 6.70. The molecule has 0 atom stereocenters. The summed E-state index contributed by atoms with van der Waals surface area (Å²) in [6.45, 7) is 1.18. The molecular weight excluding hydrogens is 320 g/mol. The zero-order chi connectivity index (χ0) is 14.5. The lowest BCUT2D eigenvalue weighted by Gasteiger charge is -2.29. The highest BCUT2D eigenvalue weighted by atomic mass is 79.9. The minimum atomic E-state index is -0.263. The largest absolute Gasteiger partial charge is 0.369 e. The van der Waals surface area contributed by atoms with Gasteiger partial charge in [-0.2, -0.15) is 0 Å². The van der Waals surface area contributed by atoms with Gasteiger partial charge in [0.15, 0.2) is 0 Å². The zero-order valence-electron chi connectivity index (χ0n) is 11.1. The SMILES string of the molecule is NC(=O)C1CCN(C(=O)/C=C/c2ccccc2Br)CC1. The second-order valence-electron chi connectivity index (χ2n) is 4.86. The molecule has 0 radical (unpaired) electrons. The summed E-state index contributed by atoms with van der Waals surface area (Å²) in [5.74, 6) is -0.379. The highest BCUT2D eigenvalue weighted by Crippen LogP contribution is 2.19. The summed E-state index contributed by atoms with van der Waals surface area (Å²) in [4.78, 5) is 24.9. The van der Waals surface area contributed by atoms with E-state index in [1.165, 1.54) is 0 Å². The molecule has 0 unspecified atom stereocenters. The molecule has 0 aromatic heterocycles. The normalized spacial score (nSPS) is 16.6. The van der Waals surface area contributed by atoms with Gasteiger partial charge in [0.05, 0.1) is 0 Å². The Bertz CT molecular complexity index is 534. The quantitative estimate of drug-likeness (QED) is 0.860. The number of carbonyl (C=O) groups is 2. The Morgan fingerprint density at radius 3 is 2.50 bits per heavy atom. The van der Waals surface area contributed by atoms with Gasteiger partial charge in [0.1, 0.15) is 0 Å². The van der Waals surface area contributed by atoms with Gasteiger partial charge in [-0.1, -0.05) is 34.1 Å². The maximum atomic E-state index is 12.1. The van der Waals surface area contributed by atoms with E-state index in [1.807, 2.05) is 24.3 Å². The van der Waals surface area contributed by atoms with Crippen LogP contribution in [0.3, 0.4) is 0 Å². The number of amides is 2. The lowest BCUT2D eigenvalue weighted by molar-refractivity contribution is -0.130. The van der Waals surface area contributed by atoms with Gasteiger partial charge in [-0.3, -0.25) is 9.59 Å². The number of piperidine rings is 1. The highest BCUT2D eigenvalue weighted by molar-refractivity contribution is 9.10. The predicted molar refractivity (Wildman–Crippen MR) is 81.7 cm³/mol. The number of nitrogens with two attached hydrogens (primary N) is 1. The van der Waals surface area contributed by atoms with Crippen LogP contribution in [0.1, 0.15) is 18.4 Å². The van der Waals surface area contributed by atoms with Crippen LogP contribution in [-0.2, 0) is 9.59 Å². The number of benzene rings is 1. The molecule has 20 heavy (non-hydrogen) atoms. The first-order valence-electron chi connectivity index (χ1n) is 6.59. The van der Waals surface area contributed by atoms with Crippen LogP contribution in [0.5, 0.6) is 0 Å². The molecule has 0 saturated carbocycles. The minimum absolute atomic E-state index is 0.0244. The first kappa shape index (κ1) is 14.8. The van der Waals surface area contributed by atoms with Gasteiger partial charge in [0.25, 0.3) is 0 Å². The summed E-state index contributed by atoms with van der Waals surface area (Å²) in [6, 6.07) is 7.72. The van der Waals surface area contributed by atoms with Gasteiger partial charge in [0.2, 0.25) is 11.8 Å². The van der Waals surface area contributed by atoms with Gasteiger partial charge in [0, 0.05) is 29.6 Å². The highest BCUT2D eigenvalue weighted by Gasteiger charge is 2.24. The van der Waals surface area contributed by atoms with E-state index >= 15 is 0 Å². The summed E-state index contributed by atoms with van der Waals surface area (Å²) < 4.78 is 0.955. The number of hydrogen-bond donors (Lipinski definition) is 1. The number of likely N-dealkylation sites (tertiary alicyclic amines) is 1. The lowest BCUT2D eigenvalue weighted by atomic mass is 9.96. The van der Waals surface area contributed by atoms with E-state index in [1.54, 1.807) is 17.1 Å². The van der Waals surface area contributed by atoms with Crippen LogP contribution in [-0.4, -0.2) is 29.8 Å². The molecule has 1 aliphatic heterocycles. The lowest BCUT2D eigenvalue weighted by Crippen LogP contribution is -2.41. The summed E-state index contributed by atoms with van der Waals surface area (Å²) >= 11 is 3.44. The van der Waals surface area contributed by atoms with Gasteiger partial charge < -0.3 is 10.6 Å². The third kappa shape index (κ3) is 3.70. The van der Waals surface area contributed by atoms with Crippen LogP contribution in [0.4, 0.5) is 0 Å². The van der Waals surface area contributed by atoms with Crippen molar-refractivity contribution in [2.45, 2.75) is 12.8 Å². The topological polar surface area (TPSA) is 63.4 Å². The fourth-order valence-corrected chi connectivity index (χ4v) is 2.68. The Balaban J connectivity index is 1.93. The molecule has 2 amide bonds. The molecule has 1 aromatic carbocycles. The summed E-state index contributed by atoms with van der Waals surface area (Å²) in [5.41, 5.74) is 6.24. The van der Waals surface area contributed by atoms with Crippen LogP contribution in [0.2, 0.25) is 0 Å². The molecule has 106 valence electrons. The third-order valence-corrected chi connectivity index (χ3v) is 4.24. The van der Waals surface area contributed by atoms with Gasteiger partial charge >= 0.3 is 0 Å². The molecule has 1 aromatic rings. The van der Waals surface area contributed by atoms with Crippen molar-refractivity contribution in [3.05, 3.63) is 40.4 Å². The molecule has 2 rings (SSSR count). The first-order chi connectivity index (χ1) is 9.58. The molecule has 0 bridgehead atoms. The van der Waals surface area contributed by atoms with Gasteiger partial charge in [-0.15, -0.1) is 0 Å². The third-order valence-electron chi connectivity index (χ3n) is 3.52. The Hall–Kier alpha value is -1.62. The molecule has 4 nitrogen and oxygen atoms in total. The molecular formula is C15H17BrN2O2. The maximum Gasteiger partial charge on any atom is 0.246 e. The Kier molecular flexibility index (Phi) is 4.95. The van der Waals surface area contributed by atoms with E-state index in [0.29, 0.717) is 25.9 Å². The smallest absolute Gasteiger partial charge is 0.246 e. The fourth-order valence-electron chi connectivity index (χ4n) is 2.26. The number of primary amides is 1. The number of halogens is 1. The molecule has 1 fully saturated rings. The number of nitrogens with zero attached hydrogens (tertiary/aromatic N) is 1. The molecule has 0 aliphatic carbocycles. The van der Waals surface area contributed by atoms with E-state index in [0.717, 1.165) is 10.0 Å². The average Bonchev–Trinajstić information content (AvgIpc) is 2.46. The summed E-state index contributed by atoms with van der Waals surface area (Å²) in [7, 11) is 0. The van der Waals surface area contributed by atoms with E-state index < -0.39 is 0 Å². The summed E-state index contributed by atoms with van der Waals surface area (Å²) in [6.07, 6.45) is 4.69. The molecule has 1 saturated heterocycles. The van der Waals surface area contributed by atoms with Crippen molar-refractivity contribution in [2.24, 2.45) is 11.7 Å². The molecule has 1 heterocycles. The standard InChI is InChI=1S/C15H17BrN2O2/c16-13-4-2-1-3-11(13)5-6-14(19)18-9-7-12(8-10-18)15(17)20/h1-6,12H,7-10H2,(H2,17,20)/b6-5+. The van der Waals surface area contributed by atoms with E-state index in [9.17, 15) is 9.59 Å². The van der Waals surface area contributed by atoms with Crippen molar-refractivity contribution >= 4 is 33.8 Å². The van der Waals surface area contributed by atoms with Crippen molar-refractivity contribution in [1.82, 2.24) is 4.90 Å². The fraction of sp³-hybridized carbons (Fsp3) is 0.333. The first-order valence-corrected chi connectivity index (χ1v) is 7.38. The Morgan fingerprint density at radius 1 is 1.25 bits per heavy atom. The van der Waals surface area contributed by atoms with Crippen molar-refractivity contribution in [1.29, 1.82) is 0 Å². The Labute approximate surface area is 126 Å². The Morgan fingerprint density at radius 2 is 1.90 bits per heavy atom. The monoisotopic (exact) mass is 336 g/mol. The zero-order valence-corrected chi connectivity index (χ0v) is 12.7. The van der Waals surface area contributed by atoms with Crippen molar-refractivity contribution in [3.63, 3.8) is 0 Å². The average molecular weight is 337 g/mol. The number of rotatable bonds is 3. The van der Waals surface area contributed by atoms with Crippen LogP contribution in [0.25, 0.3) is 6.08 Å². The van der Waals surface area contributed by atoms with Gasteiger partial charge in [-0.25, -0.2) is 0 Å². The molecule has 0 spiro atoms. The maximum absolute atomic E-state index is 12.1. The van der Waals surface area contributed by atoms with Crippen molar-refractivity contribution < 1.29 is 9.59 Å². The molecule has 2 N–H and O–H groups in total.